The normalized spacial score (nSPS) is 34.0. The Morgan fingerprint density at radius 1 is 1.33 bits per heavy atom. The molecule has 1 unspecified atom stereocenters. The van der Waals surface area contributed by atoms with Crippen molar-refractivity contribution in [3.8, 4) is 0 Å². The Labute approximate surface area is 94.6 Å². The first-order valence-electron chi connectivity index (χ1n) is 6.54. The Hall–Kier alpha value is -0.0800. The average Bonchev–Trinajstić information content (AvgIpc) is 2.22. The predicted molar refractivity (Wildman–Crippen MR) is 64.9 cm³/mol. The Balaban J connectivity index is 2.61. The zero-order chi connectivity index (χ0) is 11.3. The highest BCUT2D eigenvalue weighted by Crippen LogP contribution is 2.37. The van der Waals surface area contributed by atoms with E-state index in [0.717, 1.165) is 38.2 Å². The Morgan fingerprint density at radius 2 is 1.93 bits per heavy atom. The second kappa shape index (κ2) is 5.86. The van der Waals surface area contributed by atoms with Crippen LogP contribution in [-0.4, -0.2) is 18.2 Å². The molecule has 2 heteroatoms. The first-order valence-corrected chi connectivity index (χ1v) is 6.54. The SMILES string of the molecule is CCCC(N)C1(OCC)CCC(C)CC1. The van der Waals surface area contributed by atoms with Gasteiger partial charge in [-0.2, -0.15) is 0 Å². The van der Waals surface area contributed by atoms with Crippen molar-refractivity contribution in [1.29, 1.82) is 0 Å². The lowest BCUT2D eigenvalue weighted by atomic mass is 9.74. The fourth-order valence-corrected chi connectivity index (χ4v) is 2.73. The first kappa shape index (κ1) is 13.0. The maximum Gasteiger partial charge on any atom is 0.0832 e. The zero-order valence-electron chi connectivity index (χ0n) is 10.6. The Bertz CT molecular complexity index is 173. The lowest BCUT2D eigenvalue weighted by molar-refractivity contribution is -0.0899. The first-order chi connectivity index (χ1) is 7.14. The van der Waals surface area contributed by atoms with Gasteiger partial charge in [-0.25, -0.2) is 0 Å². The van der Waals surface area contributed by atoms with Gasteiger partial charge in [-0.05, 0) is 44.9 Å². The van der Waals surface area contributed by atoms with Crippen LogP contribution in [0, 0.1) is 5.92 Å². The lowest BCUT2D eigenvalue weighted by Crippen LogP contribution is -2.52. The van der Waals surface area contributed by atoms with Gasteiger partial charge in [-0.15, -0.1) is 0 Å². The molecule has 90 valence electrons. The molecule has 1 fully saturated rings. The highest BCUT2D eigenvalue weighted by atomic mass is 16.5. The van der Waals surface area contributed by atoms with Gasteiger partial charge in [0.2, 0.25) is 0 Å². The molecule has 0 saturated heterocycles. The molecule has 1 aliphatic rings. The van der Waals surface area contributed by atoms with Gasteiger partial charge in [0.05, 0.1) is 5.60 Å². The fourth-order valence-electron chi connectivity index (χ4n) is 2.73. The van der Waals surface area contributed by atoms with Gasteiger partial charge in [0.25, 0.3) is 0 Å². The predicted octanol–water partition coefficient (Wildman–Crippen LogP) is 3.10. The summed E-state index contributed by atoms with van der Waals surface area (Å²) in [5.74, 6) is 0.854. The van der Waals surface area contributed by atoms with Gasteiger partial charge in [0, 0.05) is 12.6 Å². The minimum Gasteiger partial charge on any atom is -0.374 e. The van der Waals surface area contributed by atoms with Gasteiger partial charge in [0.15, 0.2) is 0 Å². The van der Waals surface area contributed by atoms with E-state index in [0.29, 0.717) is 0 Å². The third-order valence-corrected chi connectivity index (χ3v) is 3.83. The van der Waals surface area contributed by atoms with Crippen LogP contribution in [0.15, 0.2) is 0 Å². The molecule has 1 atom stereocenters. The minimum absolute atomic E-state index is 0.00271. The van der Waals surface area contributed by atoms with E-state index in [2.05, 4.69) is 20.8 Å². The fraction of sp³-hybridized carbons (Fsp3) is 1.00. The van der Waals surface area contributed by atoms with E-state index in [-0.39, 0.29) is 11.6 Å². The molecule has 0 aromatic heterocycles. The average molecular weight is 213 g/mol. The zero-order valence-corrected chi connectivity index (χ0v) is 10.6. The van der Waals surface area contributed by atoms with E-state index in [1.165, 1.54) is 12.8 Å². The maximum atomic E-state index is 6.30. The Morgan fingerprint density at radius 3 is 2.40 bits per heavy atom. The van der Waals surface area contributed by atoms with Crippen molar-refractivity contribution in [1.82, 2.24) is 0 Å². The van der Waals surface area contributed by atoms with Crippen LogP contribution >= 0.6 is 0 Å². The number of hydrogen-bond acceptors (Lipinski definition) is 2. The molecular weight excluding hydrogens is 186 g/mol. The lowest BCUT2D eigenvalue weighted by Gasteiger charge is -2.43. The van der Waals surface area contributed by atoms with Crippen LogP contribution in [0.3, 0.4) is 0 Å². The van der Waals surface area contributed by atoms with Gasteiger partial charge >= 0.3 is 0 Å². The molecule has 2 N–H and O–H groups in total. The molecule has 1 aliphatic carbocycles. The molecule has 0 aromatic rings. The summed E-state index contributed by atoms with van der Waals surface area (Å²) < 4.78 is 6.01. The second-order valence-electron chi connectivity index (χ2n) is 5.08. The molecule has 2 nitrogen and oxygen atoms in total. The summed E-state index contributed by atoms with van der Waals surface area (Å²) in [5.41, 5.74) is 6.30. The van der Waals surface area contributed by atoms with Crippen LogP contribution in [0.1, 0.15) is 59.3 Å². The van der Waals surface area contributed by atoms with Crippen LogP contribution in [0.4, 0.5) is 0 Å². The topological polar surface area (TPSA) is 35.2 Å². The molecular formula is C13H27NO. The molecule has 1 saturated carbocycles. The molecule has 0 amide bonds. The maximum absolute atomic E-state index is 6.30. The largest absolute Gasteiger partial charge is 0.374 e. The van der Waals surface area contributed by atoms with Crippen molar-refractivity contribution in [2.75, 3.05) is 6.61 Å². The van der Waals surface area contributed by atoms with Gasteiger partial charge < -0.3 is 10.5 Å². The van der Waals surface area contributed by atoms with Gasteiger partial charge in [-0.3, -0.25) is 0 Å². The van der Waals surface area contributed by atoms with E-state index in [4.69, 9.17) is 10.5 Å². The number of hydrogen-bond donors (Lipinski definition) is 1. The third-order valence-electron chi connectivity index (χ3n) is 3.83. The molecule has 0 spiro atoms. The van der Waals surface area contributed by atoms with E-state index in [1.54, 1.807) is 0 Å². The highest BCUT2D eigenvalue weighted by molar-refractivity contribution is 4.94. The van der Waals surface area contributed by atoms with Crippen molar-refractivity contribution in [2.45, 2.75) is 70.9 Å². The van der Waals surface area contributed by atoms with Crippen molar-refractivity contribution in [3.63, 3.8) is 0 Å². The van der Waals surface area contributed by atoms with Crippen molar-refractivity contribution in [3.05, 3.63) is 0 Å². The van der Waals surface area contributed by atoms with Gasteiger partial charge in [0.1, 0.15) is 0 Å². The summed E-state index contributed by atoms with van der Waals surface area (Å²) in [5, 5.41) is 0. The molecule has 15 heavy (non-hydrogen) atoms. The summed E-state index contributed by atoms with van der Waals surface area (Å²) in [4.78, 5) is 0. The van der Waals surface area contributed by atoms with Crippen molar-refractivity contribution < 1.29 is 4.74 Å². The summed E-state index contributed by atoms with van der Waals surface area (Å²) in [6.07, 6.45) is 7.11. The number of nitrogens with two attached hydrogens (primary N) is 1. The van der Waals surface area contributed by atoms with E-state index < -0.39 is 0 Å². The van der Waals surface area contributed by atoms with Crippen LogP contribution in [-0.2, 0) is 4.74 Å². The molecule has 1 rings (SSSR count). The monoisotopic (exact) mass is 213 g/mol. The molecule has 0 aromatic carbocycles. The molecule has 0 aliphatic heterocycles. The smallest absolute Gasteiger partial charge is 0.0832 e. The summed E-state index contributed by atoms with van der Waals surface area (Å²) >= 11 is 0. The van der Waals surface area contributed by atoms with E-state index in [9.17, 15) is 0 Å². The third kappa shape index (κ3) is 3.18. The number of ether oxygens (including phenoxy) is 1. The summed E-state index contributed by atoms with van der Waals surface area (Å²) in [6, 6.07) is 0.231. The van der Waals surface area contributed by atoms with Crippen molar-refractivity contribution in [2.24, 2.45) is 11.7 Å². The van der Waals surface area contributed by atoms with E-state index in [1.807, 2.05) is 0 Å². The van der Waals surface area contributed by atoms with Crippen LogP contribution < -0.4 is 5.73 Å². The minimum atomic E-state index is -0.00271. The van der Waals surface area contributed by atoms with Crippen LogP contribution in [0.2, 0.25) is 0 Å². The molecule has 0 radical (unpaired) electrons. The second-order valence-corrected chi connectivity index (χ2v) is 5.08. The van der Waals surface area contributed by atoms with Crippen LogP contribution in [0.25, 0.3) is 0 Å². The quantitative estimate of drug-likeness (QED) is 0.761. The molecule has 0 heterocycles. The van der Waals surface area contributed by atoms with E-state index >= 15 is 0 Å². The van der Waals surface area contributed by atoms with Crippen molar-refractivity contribution >= 4 is 0 Å². The summed E-state index contributed by atoms with van der Waals surface area (Å²) in [6.45, 7) is 7.41. The highest BCUT2D eigenvalue weighted by Gasteiger charge is 2.39. The Kier molecular flexibility index (Phi) is 5.07. The standard InChI is InChI=1S/C13H27NO/c1-4-6-12(14)13(15-5-2)9-7-11(3)8-10-13/h11-12H,4-10,14H2,1-3H3. The van der Waals surface area contributed by atoms with Gasteiger partial charge in [-0.1, -0.05) is 20.3 Å². The van der Waals surface area contributed by atoms with Crippen LogP contribution in [0.5, 0.6) is 0 Å². The summed E-state index contributed by atoms with van der Waals surface area (Å²) in [7, 11) is 0. The number of rotatable bonds is 5. The molecule has 0 bridgehead atoms.